The van der Waals surface area contributed by atoms with Crippen molar-refractivity contribution in [1.29, 1.82) is 0 Å². The van der Waals surface area contributed by atoms with Crippen LogP contribution in [0.5, 0.6) is 0 Å². The van der Waals surface area contributed by atoms with E-state index in [0.717, 1.165) is 37.8 Å². The zero-order chi connectivity index (χ0) is 16.2. The number of carbonyl (C=O) groups is 1. The van der Waals surface area contributed by atoms with Crippen LogP contribution in [0.2, 0.25) is 0 Å². The lowest BCUT2D eigenvalue weighted by Gasteiger charge is -2.32. The fraction of sp³-hybridized carbons (Fsp3) is 0.562. The van der Waals surface area contributed by atoms with Crippen LogP contribution >= 0.6 is 0 Å². The lowest BCUT2D eigenvalue weighted by atomic mass is 10.0. The van der Waals surface area contributed by atoms with Gasteiger partial charge in [-0.3, -0.25) is 4.79 Å². The van der Waals surface area contributed by atoms with Crippen molar-refractivity contribution in [1.82, 2.24) is 9.21 Å². The minimum Gasteiger partial charge on any atom is -0.341 e. The minimum atomic E-state index is -3.42. The molecule has 0 spiro atoms. The van der Waals surface area contributed by atoms with Crippen LogP contribution in [0, 0.1) is 5.92 Å². The lowest BCUT2D eigenvalue weighted by molar-refractivity contribution is -0.133. The van der Waals surface area contributed by atoms with Crippen LogP contribution < -0.4 is 0 Å². The Bertz CT molecular complexity index is 601. The number of amides is 1. The maximum Gasteiger partial charge on any atom is 0.237 e. The first-order valence-corrected chi connectivity index (χ1v) is 9.48. The topological polar surface area (TPSA) is 57.7 Å². The third-order valence-corrected chi connectivity index (χ3v) is 5.19. The van der Waals surface area contributed by atoms with E-state index in [0.29, 0.717) is 5.92 Å². The number of hydrogen-bond acceptors (Lipinski definition) is 3. The van der Waals surface area contributed by atoms with Gasteiger partial charge in [-0.05, 0) is 24.3 Å². The first-order valence-electron chi connectivity index (χ1n) is 7.63. The minimum absolute atomic E-state index is 0.0829. The Morgan fingerprint density at radius 1 is 1.32 bits per heavy atom. The van der Waals surface area contributed by atoms with Crippen molar-refractivity contribution in [2.45, 2.75) is 26.3 Å². The normalized spacial score (nSPS) is 19.4. The molecule has 1 aliphatic rings. The van der Waals surface area contributed by atoms with Crippen LogP contribution in [-0.2, 0) is 21.4 Å². The Morgan fingerprint density at radius 3 is 2.59 bits per heavy atom. The number of sulfonamides is 1. The molecule has 1 heterocycles. The summed E-state index contributed by atoms with van der Waals surface area (Å²) in [7, 11) is -3.42. The molecule has 0 radical (unpaired) electrons. The number of likely N-dealkylation sites (tertiary alicyclic amines) is 1. The molecule has 0 N–H and O–H groups in total. The van der Waals surface area contributed by atoms with Gasteiger partial charge in [-0.25, -0.2) is 8.42 Å². The Labute approximate surface area is 133 Å². The largest absolute Gasteiger partial charge is 0.341 e. The Morgan fingerprint density at radius 2 is 2.00 bits per heavy atom. The molecule has 0 aromatic heterocycles. The number of nitrogens with zero attached hydrogens (tertiary/aromatic N) is 2. The molecule has 0 bridgehead atoms. The smallest absolute Gasteiger partial charge is 0.237 e. The monoisotopic (exact) mass is 324 g/mol. The third-order valence-electron chi connectivity index (χ3n) is 3.99. The lowest BCUT2D eigenvalue weighted by Crippen LogP contribution is -2.45. The van der Waals surface area contributed by atoms with E-state index in [4.69, 9.17) is 0 Å². The molecule has 1 aromatic carbocycles. The van der Waals surface area contributed by atoms with E-state index in [1.165, 1.54) is 4.31 Å². The van der Waals surface area contributed by atoms with E-state index in [1.54, 1.807) is 4.90 Å². The summed E-state index contributed by atoms with van der Waals surface area (Å²) in [6.07, 6.45) is 3.27. The van der Waals surface area contributed by atoms with Crippen LogP contribution in [0.15, 0.2) is 30.3 Å². The number of piperidine rings is 1. The molecule has 6 heteroatoms. The van der Waals surface area contributed by atoms with Crippen molar-refractivity contribution in [3.8, 4) is 0 Å². The maximum absolute atomic E-state index is 12.4. The average Bonchev–Trinajstić information content (AvgIpc) is 2.46. The van der Waals surface area contributed by atoms with Gasteiger partial charge in [0.2, 0.25) is 15.9 Å². The quantitative estimate of drug-likeness (QED) is 0.828. The van der Waals surface area contributed by atoms with Gasteiger partial charge in [-0.1, -0.05) is 37.3 Å². The summed E-state index contributed by atoms with van der Waals surface area (Å²) in [6, 6.07) is 9.35. The van der Waals surface area contributed by atoms with Gasteiger partial charge in [-0.15, -0.1) is 0 Å². The van der Waals surface area contributed by atoms with E-state index >= 15 is 0 Å². The molecule has 0 saturated carbocycles. The first-order chi connectivity index (χ1) is 10.4. The van der Waals surface area contributed by atoms with Gasteiger partial charge < -0.3 is 4.90 Å². The van der Waals surface area contributed by atoms with E-state index < -0.39 is 10.0 Å². The molecular weight excluding hydrogens is 300 g/mol. The van der Waals surface area contributed by atoms with E-state index in [9.17, 15) is 13.2 Å². The molecule has 1 amide bonds. The zero-order valence-corrected chi connectivity index (χ0v) is 14.1. The second-order valence-corrected chi connectivity index (χ2v) is 8.09. The van der Waals surface area contributed by atoms with Gasteiger partial charge in [0.15, 0.2) is 0 Å². The van der Waals surface area contributed by atoms with E-state index in [1.807, 2.05) is 30.3 Å². The van der Waals surface area contributed by atoms with Crippen molar-refractivity contribution >= 4 is 15.9 Å². The van der Waals surface area contributed by atoms with Gasteiger partial charge >= 0.3 is 0 Å². The summed E-state index contributed by atoms with van der Waals surface area (Å²) < 4.78 is 25.2. The number of benzene rings is 1. The van der Waals surface area contributed by atoms with Gasteiger partial charge in [0.25, 0.3) is 0 Å². The molecule has 22 heavy (non-hydrogen) atoms. The van der Waals surface area contributed by atoms with Crippen molar-refractivity contribution in [2.24, 2.45) is 5.92 Å². The molecule has 0 aliphatic carbocycles. The fourth-order valence-electron chi connectivity index (χ4n) is 2.74. The van der Waals surface area contributed by atoms with Crippen molar-refractivity contribution in [2.75, 3.05) is 25.9 Å². The molecule has 1 saturated heterocycles. The predicted octanol–water partition coefficient (Wildman–Crippen LogP) is 1.71. The highest BCUT2D eigenvalue weighted by atomic mass is 32.2. The summed E-state index contributed by atoms with van der Waals surface area (Å²) in [5.74, 6) is 0.381. The highest BCUT2D eigenvalue weighted by Crippen LogP contribution is 2.16. The van der Waals surface area contributed by atoms with Gasteiger partial charge in [-0.2, -0.15) is 4.31 Å². The predicted molar refractivity (Wildman–Crippen MR) is 86.7 cm³/mol. The SMILES string of the molecule is C[C@H]1CCCN(C(=O)CN(Cc2ccccc2)S(C)(=O)=O)C1. The number of hydrogen-bond donors (Lipinski definition) is 0. The Hall–Kier alpha value is -1.40. The van der Waals surface area contributed by atoms with E-state index in [-0.39, 0.29) is 19.0 Å². The Kier molecular flexibility index (Phi) is 5.58. The van der Waals surface area contributed by atoms with Crippen LogP contribution in [0.3, 0.4) is 0 Å². The van der Waals surface area contributed by atoms with E-state index in [2.05, 4.69) is 6.92 Å². The van der Waals surface area contributed by atoms with Crippen molar-refractivity contribution in [3.05, 3.63) is 35.9 Å². The van der Waals surface area contributed by atoms with Crippen molar-refractivity contribution < 1.29 is 13.2 Å². The summed E-state index contributed by atoms with van der Waals surface area (Å²) in [5.41, 5.74) is 0.882. The average molecular weight is 324 g/mol. The first kappa shape index (κ1) is 17.0. The van der Waals surface area contributed by atoms with Gasteiger partial charge in [0, 0.05) is 19.6 Å². The van der Waals surface area contributed by atoms with Crippen LogP contribution in [0.1, 0.15) is 25.3 Å². The molecule has 1 fully saturated rings. The summed E-state index contributed by atoms with van der Waals surface area (Å²) >= 11 is 0. The second kappa shape index (κ2) is 7.24. The van der Waals surface area contributed by atoms with Gasteiger partial charge in [0.05, 0.1) is 12.8 Å². The standard InChI is InChI=1S/C16H24N2O3S/c1-14-7-6-10-17(11-14)16(19)13-18(22(2,20)21)12-15-8-4-3-5-9-15/h3-5,8-9,14H,6-7,10-13H2,1-2H3/t14-/m0/s1. The molecule has 1 aromatic rings. The molecular formula is C16H24N2O3S. The number of rotatable bonds is 5. The molecule has 1 atom stereocenters. The molecule has 0 unspecified atom stereocenters. The summed E-state index contributed by atoms with van der Waals surface area (Å²) in [5, 5.41) is 0. The number of carbonyl (C=O) groups excluding carboxylic acids is 1. The fourth-order valence-corrected chi connectivity index (χ4v) is 3.47. The maximum atomic E-state index is 12.4. The highest BCUT2D eigenvalue weighted by molar-refractivity contribution is 7.88. The molecule has 1 aliphatic heterocycles. The Balaban J connectivity index is 2.05. The second-order valence-electron chi connectivity index (χ2n) is 6.10. The van der Waals surface area contributed by atoms with Crippen LogP contribution in [0.4, 0.5) is 0 Å². The van der Waals surface area contributed by atoms with Crippen molar-refractivity contribution in [3.63, 3.8) is 0 Å². The summed E-state index contributed by atoms with van der Waals surface area (Å²) in [6.45, 7) is 3.72. The molecule has 122 valence electrons. The van der Waals surface area contributed by atoms with Crippen LogP contribution in [-0.4, -0.2) is 49.4 Å². The van der Waals surface area contributed by atoms with Gasteiger partial charge in [0.1, 0.15) is 0 Å². The third kappa shape index (κ3) is 4.81. The molecule has 2 rings (SSSR count). The highest BCUT2D eigenvalue weighted by Gasteiger charge is 2.26. The van der Waals surface area contributed by atoms with Crippen LogP contribution in [0.25, 0.3) is 0 Å². The molecule has 5 nitrogen and oxygen atoms in total. The zero-order valence-electron chi connectivity index (χ0n) is 13.2. The summed E-state index contributed by atoms with van der Waals surface area (Å²) in [4.78, 5) is 14.2.